The largest absolute Gasteiger partial charge is 0.591 e. The van der Waals surface area contributed by atoms with Gasteiger partial charge in [0.1, 0.15) is 27.6 Å². The minimum Gasteiger partial charge on any atom is -0.591 e. The number of hydrogen-bond donors (Lipinski definition) is 0. The SMILES string of the molecule is COc1cccc2c1CC1(CCCCC1)C2=N[S+]([O-])C(C)(C)C. The van der Waals surface area contributed by atoms with Gasteiger partial charge in [0.15, 0.2) is 0 Å². The number of ether oxygens (including phenoxy) is 1. The molecule has 3 nitrogen and oxygen atoms in total. The summed E-state index contributed by atoms with van der Waals surface area (Å²) in [7, 11) is 1.73. The molecule has 1 fully saturated rings. The van der Waals surface area contributed by atoms with Gasteiger partial charge in [-0.3, -0.25) is 0 Å². The highest BCUT2D eigenvalue weighted by Crippen LogP contribution is 2.50. The van der Waals surface area contributed by atoms with Crippen molar-refractivity contribution in [2.24, 2.45) is 9.81 Å². The first kappa shape index (κ1) is 16.8. The maximum Gasteiger partial charge on any atom is 0.144 e. The molecule has 0 saturated heterocycles. The Bertz CT molecular complexity index is 612. The maximum absolute atomic E-state index is 12.7. The predicted octanol–water partition coefficient (Wildman–Crippen LogP) is 4.45. The van der Waals surface area contributed by atoms with Gasteiger partial charge in [-0.15, -0.1) is 0 Å². The molecule has 23 heavy (non-hydrogen) atoms. The predicted molar refractivity (Wildman–Crippen MR) is 96.6 cm³/mol. The van der Waals surface area contributed by atoms with Gasteiger partial charge >= 0.3 is 0 Å². The summed E-state index contributed by atoms with van der Waals surface area (Å²) in [4.78, 5) is 0. The van der Waals surface area contributed by atoms with Crippen LogP contribution in [0.3, 0.4) is 0 Å². The molecule has 1 aromatic rings. The van der Waals surface area contributed by atoms with Gasteiger partial charge in [-0.05, 0) is 46.1 Å². The summed E-state index contributed by atoms with van der Waals surface area (Å²) < 4.78 is 22.7. The Morgan fingerprint density at radius 3 is 2.48 bits per heavy atom. The van der Waals surface area contributed by atoms with E-state index in [1.54, 1.807) is 7.11 Å². The molecule has 0 aliphatic heterocycles. The van der Waals surface area contributed by atoms with Crippen molar-refractivity contribution in [3.63, 3.8) is 0 Å². The molecule has 1 spiro atoms. The molecule has 1 saturated carbocycles. The summed E-state index contributed by atoms with van der Waals surface area (Å²) in [6.45, 7) is 5.96. The molecule has 2 aliphatic carbocycles. The van der Waals surface area contributed by atoms with Gasteiger partial charge in [0.2, 0.25) is 0 Å². The standard InChI is InChI=1S/C19H27NO2S/c1-18(2,3)23(21)20-17-14-9-8-10-16(22-4)15(14)13-19(17)11-6-5-7-12-19/h8-10H,5-7,11-13H2,1-4H3. The van der Waals surface area contributed by atoms with E-state index >= 15 is 0 Å². The molecule has 2 aliphatic rings. The van der Waals surface area contributed by atoms with Crippen LogP contribution in [-0.4, -0.2) is 22.1 Å². The lowest BCUT2D eigenvalue weighted by Crippen LogP contribution is -2.34. The second-order valence-electron chi connectivity index (χ2n) is 7.81. The minimum absolute atomic E-state index is 0.0656. The maximum atomic E-state index is 12.7. The number of benzene rings is 1. The molecule has 1 aromatic carbocycles. The topological polar surface area (TPSA) is 44.6 Å². The molecule has 0 N–H and O–H groups in total. The first-order chi connectivity index (χ1) is 10.9. The van der Waals surface area contributed by atoms with E-state index in [4.69, 9.17) is 9.13 Å². The van der Waals surface area contributed by atoms with Crippen molar-refractivity contribution in [2.45, 2.75) is 64.0 Å². The summed E-state index contributed by atoms with van der Waals surface area (Å²) >= 11 is -1.22. The zero-order chi connectivity index (χ0) is 16.7. The van der Waals surface area contributed by atoms with Crippen LogP contribution in [0.25, 0.3) is 0 Å². The highest BCUT2D eigenvalue weighted by Gasteiger charge is 2.47. The summed E-state index contributed by atoms with van der Waals surface area (Å²) in [5.41, 5.74) is 3.54. The Morgan fingerprint density at radius 2 is 1.87 bits per heavy atom. The monoisotopic (exact) mass is 333 g/mol. The molecule has 1 atom stereocenters. The van der Waals surface area contributed by atoms with E-state index in [0.717, 1.165) is 36.3 Å². The molecule has 4 heteroatoms. The van der Waals surface area contributed by atoms with E-state index in [0.29, 0.717) is 0 Å². The Hall–Kier alpha value is -1.00. The molecule has 0 bridgehead atoms. The molecule has 126 valence electrons. The fourth-order valence-electron chi connectivity index (χ4n) is 3.88. The number of methoxy groups -OCH3 is 1. The Balaban J connectivity index is 2.11. The Kier molecular flexibility index (Phi) is 4.49. The number of nitrogens with zero attached hydrogens (tertiary/aromatic N) is 1. The quantitative estimate of drug-likeness (QED) is 0.750. The van der Waals surface area contributed by atoms with Crippen molar-refractivity contribution in [1.29, 1.82) is 0 Å². The summed E-state index contributed by atoms with van der Waals surface area (Å²) in [5.74, 6) is 0.944. The summed E-state index contributed by atoms with van der Waals surface area (Å²) in [6, 6.07) is 6.17. The highest BCUT2D eigenvalue weighted by atomic mass is 32.2. The van der Waals surface area contributed by atoms with Crippen molar-refractivity contribution < 1.29 is 9.29 Å². The second kappa shape index (κ2) is 6.14. The van der Waals surface area contributed by atoms with Crippen LogP contribution in [0.15, 0.2) is 22.6 Å². The molecule has 1 unspecified atom stereocenters. The van der Waals surface area contributed by atoms with Crippen LogP contribution < -0.4 is 4.74 Å². The first-order valence-corrected chi connectivity index (χ1v) is 9.65. The molecule has 0 amide bonds. The van der Waals surface area contributed by atoms with Gasteiger partial charge < -0.3 is 9.29 Å². The third kappa shape index (κ3) is 3.03. The van der Waals surface area contributed by atoms with Crippen LogP contribution in [0.2, 0.25) is 0 Å². The lowest BCUT2D eigenvalue weighted by molar-refractivity contribution is 0.288. The highest BCUT2D eigenvalue weighted by molar-refractivity contribution is 7.91. The molecule has 0 aromatic heterocycles. The summed E-state index contributed by atoms with van der Waals surface area (Å²) in [5, 5.41) is 0. The first-order valence-electron chi connectivity index (χ1n) is 8.55. The van der Waals surface area contributed by atoms with Gasteiger partial charge in [0, 0.05) is 16.5 Å². The van der Waals surface area contributed by atoms with Crippen molar-refractivity contribution in [3.8, 4) is 5.75 Å². The van der Waals surface area contributed by atoms with Gasteiger partial charge in [-0.25, -0.2) is 0 Å². The van der Waals surface area contributed by atoms with Crippen LogP contribution in [0, 0.1) is 5.41 Å². The second-order valence-corrected chi connectivity index (χ2v) is 9.71. The lowest BCUT2D eigenvalue weighted by atomic mass is 9.71. The third-order valence-electron chi connectivity index (χ3n) is 5.13. The number of rotatable bonds is 2. The van der Waals surface area contributed by atoms with Gasteiger partial charge in [-0.2, -0.15) is 0 Å². The number of fused-ring (bicyclic) bond motifs is 1. The number of hydrogen-bond acceptors (Lipinski definition) is 3. The van der Waals surface area contributed by atoms with Gasteiger partial charge in [-0.1, -0.05) is 35.8 Å². The van der Waals surface area contributed by atoms with Crippen LogP contribution in [0.1, 0.15) is 64.0 Å². The van der Waals surface area contributed by atoms with Crippen molar-refractivity contribution in [2.75, 3.05) is 7.11 Å². The van der Waals surface area contributed by atoms with Crippen LogP contribution in [-0.2, 0) is 17.8 Å². The van der Waals surface area contributed by atoms with E-state index < -0.39 is 11.4 Å². The zero-order valence-electron chi connectivity index (χ0n) is 14.6. The lowest BCUT2D eigenvalue weighted by Gasteiger charge is -2.34. The van der Waals surface area contributed by atoms with E-state index in [-0.39, 0.29) is 10.2 Å². The van der Waals surface area contributed by atoms with Gasteiger partial charge in [0.05, 0.1) is 7.11 Å². The molecular weight excluding hydrogens is 306 g/mol. The van der Waals surface area contributed by atoms with Crippen molar-refractivity contribution in [1.82, 2.24) is 0 Å². The average molecular weight is 333 g/mol. The van der Waals surface area contributed by atoms with Crippen molar-refractivity contribution >= 4 is 17.1 Å². The van der Waals surface area contributed by atoms with E-state index in [1.165, 1.54) is 24.8 Å². The third-order valence-corrected chi connectivity index (χ3v) is 6.53. The smallest absolute Gasteiger partial charge is 0.144 e. The van der Waals surface area contributed by atoms with Crippen molar-refractivity contribution in [3.05, 3.63) is 29.3 Å². The van der Waals surface area contributed by atoms with Crippen LogP contribution >= 0.6 is 0 Å². The fourth-order valence-corrected chi connectivity index (χ4v) is 4.61. The Labute approximate surface area is 142 Å². The average Bonchev–Trinajstić information content (AvgIpc) is 2.80. The Morgan fingerprint density at radius 1 is 1.17 bits per heavy atom. The zero-order valence-corrected chi connectivity index (χ0v) is 15.5. The van der Waals surface area contributed by atoms with E-state index in [1.807, 2.05) is 32.9 Å². The fraction of sp³-hybridized carbons (Fsp3) is 0.632. The minimum atomic E-state index is -1.22. The van der Waals surface area contributed by atoms with E-state index in [9.17, 15) is 4.55 Å². The molecule has 3 rings (SSSR count). The van der Waals surface area contributed by atoms with Gasteiger partial charge in [0.25, 0.3) is 0 Å². The van der Waals surface area contributed by atoms with E-state index in [2.05, 4.69) is 6.07 Å². The molecule has 0 radical (unpaired) electrons. The normalized spacial score (nSPS) is 23.1. The summed E-state index contributed by atoms with van der Waals surface area (Å²) in [6.07, 6.45) is 7.03. The van der Waals surface area contributed by atoms with Crippen LogP contribution in [0.5, 0.6) is 5.75 Å². The molecule has 0 heterocycles. The molecular formula is C19H27NO2S. The van der Waals surface area contributed by atoms with Crippen LogP contribution in [0.4, 0.5) is 0 Å².